The zero-order chi connectivity index (χ0) is 21.7. The zero-order valence-corrected chi connectivity index (χ0v) is 20.6. The molecule has 1 aromatic rings. The van der Waals surface area contributed by atoms with Gasteiger partial charge in [0.15, 0.2) is 0 Å². The molecule has 2 aliphatic carbocycles. The highest BCUT2D eigenvalue weighted by molar-refractivity contribution is 5.36. The molecule has 0 amide bonds. The first-order valence-corrected chi connectivity index (χ1v) is 13.9. The average Bonchev–Trinajstić information content (AvgIpc) is 2.82. The van der Waals surface area contributed by atoms with Gasteiger partial charge in [0.05, 0.1) is 0 Å². The Morgan fingerprint density at radius 1 is 0.677 bits per heavy atom. The quantitative estimate of drug-likeness (QED) is 0.261. The van der Waals surface area contributed by atoms with Gasteiger partial charge in [-0.3, -0.25) is 0 Å². The fourth-order valence-electron chi connectivity index (χ4n) is 6.06. The smallest absolute Gasteiger partial charge is 0.0245 e. The molecular formula is C31H48. The molecule has 172 valence electrons. The summed E-state index contributed by atoms with van der Waals surface area (Å²) < 4.78 is 0. The number of aryl methyl sites for hydroxylation is 1. The molecule has 0 heterocycles. The first-order valence-electron chi connectivity index (χ1n) is 13.9. The molecule has 0 nitrogen and oxygen atoms in total. The van der Waals surface area contributed by atoms with Gasteiger partial charge in [0.2, 0.25) is 0 Å². The molecule has 2 saturated carbocycles. The molecule has 0 bridgehead atoms. The monoisotopic (exact) mass is 420 g/mol. The molecule has 31 heavy (non-hydrogen) atoms. The van der Waals surface area contributed by atoms with Crippen molar-refractivity contribution >= 4 is 0 Å². The highest BCUT2D eigenvalue weighted by Crippen LogP contribution is 2.42. The van der Waals surface area contributed by atoms with Gasteiger partial charge in [0.1, 0.15) is 0 Å². The fourth-order valence-corrected chi connectivity index (χ4v) is 6.06. The first-order chi connectivity index (χ1) is 15.3. The maximum absolute atomic E-state index is 3.62. The summed E-state index contributed by atoms with van der Waals surface area (Å²) in [6.45, 7) is 4.59. The molecule has 0 N–H and O–H groups in total. The Kier molecular flexibility index (Phi) is 11.1. The van der Waals surface area contributed by atoms with Crippen molar-refractivity contribution in [1.29, 1.82) is 0 Å². The van der Waals surface area contributed by atoms with Crippen LogP contribution in [0.1, 0.15) is 128 Å². The van der Waals surface area contributed by atoms with Gasteiger partial charge < -0.3 is 0 Å². The summed E-state index contributed by atoms with van der Waals surface area (Å²) >= 11 is 0. The maximum Gasteiger partial charge on any atom is 0.0245 e. The van der Waals surface area contributed by atoms with Gasteiger partial charge in [-0.2, -0.15) is 0 Å². The first kappa shape index (κ1) is 24.4. The van der Waals surface area contributed by atoms with Crippen LogP contribution in [0.2, 0.25) is 0 Å². The number of hydrogen-bond donors (Lipinski definition) is 0. The second-order valence-electron chi connectivity index (χ2n) is 10.7. The predicted molar refractivity (Wildman–Crippen MR) is 136 cm³/mol. The Morgan fingerprint density at radius 3 is 1.94 bits per heavy atom. The number of unbranched alkanes of at least 4 members (excludes halogenated alkanes) is 5. The lowest BCUT2D eigenvalue weighted by molar-refractivity contribution is 0.153. The van der Waals surface area contributed by atoms with Gasteiger partial charge >= 0.3 is 0 Å². The molecule has 0 unspecified atom stereocenters. The van der Waals surface area contributed by atoms with Crippen LogP contribution in [-0.4, -0.2) is 0 Å². The third-order valence-corrected chi connectivity index (χ3v) is 8.24. The molecule has 2 fully saturated rings. The van der Waals surface area contributed by atoms with E-state index in [-0.39, 0.29) is 0 Å². The van der Waals surface area contributed by atoms with Crippen molar-refractivity contribution in [3.8, 4) is 11.8 Å². The van der Waals surface area contributed by atoms with E-state index in [1.807, 2.05) is 0 Å². The minimum Gasteiger partial charge on any atom is -0.0945 e. The number of benzene rings is 1. The third kappa shape index (κ3) is 8.67. The lowest BCUT2D eigenvalue weighted by Crippen LogP contribution is -2.25. The fraction of sp³-hybridized carbons (Fsp3) is 0.742. The topological polar surface area (TPSA) is 0 Å². The van der Waals surface area contributed by atoms with Crippen LogP contribution < -0.4 is 0 Å². The van der Waals surface area contributed by atoms with Gasteiger partial charge in [0, 0.05) is 11.5 Å². The Balaban J connectivity index is 1.34. The van der Waals surface area contributed by atoms with Gasteiger partial charge in [0.25, 0.3) is 0 Å². The van der Waals surface area contributed by atoms with Crippen molar-refractivity contribution in [2.45, 2.75) is 123 Å². The zero-order valence-electron chi connectivity index (χ0n) is 20.6. The van der Waals surface area contributed by atoms with Crippen LogP contribution in [0.15, 0.2) is 24.3 Å². The standard InChI is InChI=1S/C31H48/c1-3-5-7-9-11-27-18-22-30(23-19-27)31-24-20-29(21-25-31)17-16-28-14-12-26(13-15-28)10-8-6-4-2/h12-15,27,29-31H,3-11,18-25H2,1-2H3/t27-,29?,30-,31?. The van der Waals surface area contributed by atoms with E-state index in [9.17, 15) is 0 Å². The van der Waals surface area contributed by atoms with E-state index in [1.54, 1.807) is 0 Å². The normalized spacial score (nSPS) is 26.3. The molecule has 0 saturated heterocycles. The number of hydrogen-bond acceptors (Lipinski definition) is 0. The third-order valence-electron chi connectivity index (χ3n) is 8.24. The number of rotatable bonds is 10. The van der Waals surface area contributed by atoms with E-state index in [0.29, 0.717) is 5.92 Å². The van der Waals surface area contributed by atoms with Crippen LogP contribution in [0.3, 0.4) is 0 Å². The van der Waals surface area contributed by atoms with Crippen molar-refractivity contribution in [3.05, 3.63) is 35.4 Å². The van der Waals surface area contributed by atoms with Crippen molar-refractivity contribution < 1.29 is 0 Å². The SMILES string of the molecule is CCCCCC[C@H]1CC[C@H](C2CCC(C#Cc3ccc(CCCCC)cc3)CC2)CC1. The summed E-state index contributed by atoms with van der Waals surface area (Å²) in [5.41, 5.74) is 2.67. The molecule has 0 heteroatoms. The summed E-state index contributed by atoms with van der Waals surface area (Å²) in [5.74, 6) is 10.8. The van der Waals surface area contributed by atoms with E-state index >= 15 is 0 Å². The summed E-state index contributed by atoms with van der Waals surface area (Å²) in [7, 11) is 0. The molecule has 0 aromatic heterocycles. The minimum absolute atomic E-state index is 0.635. The van der Waals surface area contributed by atoms with Crippen molar-refractivity contribution in [2.75, 3.05) is 0 Å². The van der Waals surface area contributed by atoms with E-state index in [0.717, 1.165) is 17.8 Å². The Morgan fingerprint density at radius 2 is 1.29 bits per heavy atom. The van der Waals surface area contributed by atoms with Crippen molar-refractivity contribution in [1.82, 2.24) is 0 Å². The van der Waals surface area contributed by atoms with Gasteiger partial charge in [-0.1, -0.05) is 95.6 Å². The Labute approximate surface area is 194 Å². The van der Waals surface area contributed by atoms with Crippen LogP contribution in [0.5, 0.6) is 0 Å². The molecule has 3 rings (SSSR count). The highest BCUT2D eigenvalue weighted by atomic mass is 14.4. The average molecular weight is 421 g/mol. The molecule has 0 spiro atoms. The molecular weight excluding hydrogens is 372 g/mol. The highest BCUT2D eigenvalue weighted by Gasteiger charge is 2.30. The van der Waals surface area contributed by atoms with Crippen molar-refractivity contribution in [3.63, 3.8) is 0 Å². The van der Waals surface area contributed by atoms with Crippen LogP contribution in [0.4, 0.5) is 0 Å². The van der Waals surface area contributed by atoms with E-state index < -0.39 is 0 Å². The molecule has 1 aromatic carbocycles. The van der Waals surface area contributed by atoms with Gasteiger partial charge in [-0.05, 0) is 86.8 Å². The summed E-state index contributed by atoms with van der Waals surface area (Å²) in [5, 5.41) is 0. The van der Waals surface area contributed by atoms with Crippen LogP contribution in [0, 0.1) is 35.5 Å². The summed E-state index contributed by atoms with van der Waals surface area (Å²) in [4.78, 5) is 0. The van der Waals surface area contributed by atoms with E-state index in [1.165, 1.54) is 120 Å². The molecule has 2 aliphatic rings. The minimum atomic E-state index is 0.635. The second-order valence-corrected chi connectivity index (χ2v) is 10.7. The summed E-state index contributed by atoms with van der Waals surface area (Å²) in [6, 6.07) is 9.05. The lowest BCUT2D eigenvalue weighted by Gasteiger charge is -2.37. The van der Waals surface area contributed by atoms with Crippen LogP contribution in [0.25, 0.3) is 0 Å². The van der Waals surface area contributed by atoms with E-state index in [2.05, 4.69) is 50.0 Å². The Hall–Kier alpha value is -1.22. The molecule has 0 radical (unpaired) electrons. The predicted octanol–water partition coefficient (Wildman–Crippen LogP) is 9.35. The van der Waals surface area contributed by atoms with Gasteiger partial charge in [-0.25, -0.2) is 0 Å². The summed E-state index contributed by atoms with van der Waals surface area (Å²) in [6.07, 6.45) is 24.0. The van der Waals surface area contributed by atoms with Crippen LogP contribution >= 0.6 is 0 Å². The molecule has 0 atom stereocenters. The lowest BCUT2D eigenvalue weighted by atomic mass is 9.69. The Bertz CT molecular complexity index is 642. The van der Waals surface area contributed by atoms with Crippen LogP contribution in [-0.2, 0) is 6.42 Å². The second kappa shape index (κ2) is 14.0. The van der Waals surface area contributed by atoms with Gasteiger partial charge in [-0.15, -0.1) is 0 Å². The molecule has 0 aliphatic heterocycles. The van der Waals surface area contributed by atoms with E-state index in [4.69, 9.17) is 0 Å². The largest absolute Gasteiger partial charge is 0.0945 e. The van der Waals surface area contributed by atoms with Crippen molar-refractivity contribution in [2.24, 2.45) is 23.7 Å². The maximum atomic E-state index is 3.62.